The van der Waals surface area contributed by atoms with E-state index in [2.05, 4.69) is 24.1 Å². The van der Waals surface area contributed by atoms with Crippen LogP contribution in [-0.2, 0) is 0 Å². The van der Waals surface area contributed by atoms with Crippen LogP contribution in [0.25, 0.3) is 0 Å². The molecule has 0 saturated carbocycles. The fourth-order valence-corrected chi connectivity index (χ4v) is 2.14. The largest absolute Gasteiger partial charge is 0.497 e. The van der Waals surface area contributed by atoms with Crippen molar-refractivity contribution in [2.75, 3.05) is 5.75 Å². The van der Waals surface area contributed by atoms with E-state index in [1.54, 1.807) is 17.8 Å². The van der Waals surface area contributed by atoms with Crippen LogP contribution in [0.1, 0.15) is 19.0 Å². The van der Waals surface area contributed by atoms with Crippen molar-refractivity contribution >= 4 is 40.6 Å². The van der Waals surface area contributed by atoms with E-state index in [0.29, 0.717) is 10.8 Å². The normalized spacial score (nSPS) is 10.1. The summed E-state index contributed by atoms with van der Waals surface area (Å²) in [6.07, 6.45) is 1.06. The fourth-order valence-electron chi connectivity index (χ4n) is 0.904. The van der Waals surface area contributed by atoms with E-state index in [0.717, 1.165) is 17.1 Å². The van der Waals surface area contributed by atoms with Gasteiger partial charge in [0.2, 0.25) is 5.05 Å². The number of hydrogen-bond acceptors (Lipinski definition) is 3. The number of halogens is 1. The van der Waals surface area contributed by atoms with Gasteiger partial charge in [-0.2, -0.15) is 0 Å². The molecule has 14 heavy (non-hydrogen) atoms. The average molecular weight is 248 g/mol. The molecule has 0 bridgehead atoms. The maximum Gasteiger partial charge on any atom is 0.208 e. The third-order valence-electron chi connectivity index (χ3n) is 1.49. The van der Waals surface area contributed by atoms with Gasteiger partial charge in [0.05, 0.1) is 0 Å². The van der Waals surface area contributed by atoms with Gasteiger partial charge >= 0.3 is 0 Å². The Balaban J connectivity index is 2.96. The first-order valence-corrected chi connectivity index (χ1v) is 5.95. The van der Waals surface area contributed by atoms with E-state index in [-0.39, 0.29) is 5.05 Å². The van der Waals surface area contributed by atoms with Crippen LogP contribution in [0.15, 0.2) is 17.0 Å². The number of pyridine rings is 1. The van der Waals surface area contributed by atoms with Crippen molar-refractivity contribution in [2.24, 2.45) is 0 Å². The zero-order valence-corrected chi connectivity index (χ0v) is 10.0. The summed E-state index contributed by atoms with van der Waals surface area (Å²) in [6.45, 7) is 2.09. The molecular weight excluding hydrogens is 238 g/mol. The lowest BCUT2D eigenvalue weighted by Gasteiger charge is -2.05. The molecule has 1 rings (SSSR count). The van der Waals surface area contributed by atoms with Crippen molar-refractivity contribution < 1.29 is 5.11 Å². The predicted octanol–water partition coefficient (Wildman–Crippen LogP) is 3.47. The van der Waals surface area contributed by atoms with Gasteiger partial charge in [0.25, 0.3) is 0 Å². The summed E-state index contributed by atoms with van der Waals surface area (Å²) in [6, 6.07) is 3.52. The third kappa shape index (κ3) is 3.12. The molecule has 0 saturated heterocycles. The van der Waals surface area contributed by atoms with E-state index >= 15 is 0 Å². The monoisotopic (exact) mass is 247 g/mol. The van der Waals surface area contributed by atoms with E-state index in [9.17, 15) is 5.11 Å². The Morgan fingerprint density at radius 3 is 2.93 bits per heavy atom. The van der Waals surface area contributed by atoms with Gasteiger partial charge in [-0.3, -0.25) is 0 Å². The predicted molar refractivity (Wildman–Crippen MR) is 64.6 cm³/mol. The van der Waals surface area contributed by atoms with Gasteiger partial charge in [0.1, 0.15) is 10.8 Å². The summed E-state index contributed by atoms with van der Waals surface area (Å²) in [5.41, 5.74) is 0.408. The molecule has 0 unspecified atom stereocenters. The second kappa shape index (κ2) is 5.53. The minimum absolute atomic E-state index is 0.203. The molecule has 0 fully saturated rings. The summed E-state index contributed by atoms with van der Waals surface area (Å²) in [5, 5.41) is 9.37. The molecule has 1 aromatic rings. The highest BCUT2D eigenvalue weighted by molar-refractivity contribution is 7.99. The van der Waals surface area contributed by atoms with Crippen molar-refractivity contribution in [1.82, 2.24) is 4.98 Å². The van der Waals surface area contributed by atoms with Crippen LogP contribution in [-0.4, -0.2) is 20.9 Å². The number of nitrogens with zero attached hydrogens (tertiary/aromatic N) is 1. The molecular formula is C9H10ClNOS2. The van der Waals surface area contributed by atoms with Gasteiger partial charge in [-0.1, -0.05) is 18.5 Å². The maximum atomic E-state index is 9.23. The van der Waals surface area contributed by atoms with Crippen molar-refractivity contribution in [3.05, 3.63) is 23.0 Å². The second-order valence-corrected chi connectivity index (χ2v) is 4.55. The molecule has 5 heteroatoms. The Morgan fingerprint density at radius 2 is 2.36 bits per heavy atom. The molecule has 0 radical (unpaired) electrons. The van der Waals surface area contributed by atoms with E-state index in [1.165, 1.54) is 0 Å². The highest BCUT2D eigenvalue weighted by Crippen LogP contribution is 2.24. The van der Waals surface area contributed by atoms with Gasteiger partial charge in [-0.25, -0.2) is 4.98 Å². The van der Waals surface area contributed by atoms with Gasteiger partial charge < -0.3 is 5.11 Å². The first-order valence-electron chi connectivity index (χ1n) is 4.17. The second-order valence-electron chi connectivity index (χ2n) is 2.63. The van der Waals surface area contributed by atoms with E-state index < -0.39 is 0 Å². The fraction of sp³-hybridized carbons (Fsp3) is 0.333. The molecule has 1 N–H and O–H groups in total. The average Bonchev–Trinajstić information content (AvgIpc) is 2.15. The van der Waals surface area contributed by atoms with Gasteiger partial charge in [-0.05, 0) is 36.5 Å². The van der Waals surface area contributed by atoms with E-state index in [1.807, 2.05) is 6.07 Å². The summed E-state index contributed by atoms with van der Waals surface area (Å²) in [4.78, 5) is 4.86. The Labute approximate surface area is 97.7 Å². The van der Waals surface area contributed by atoms with Crippen molar-refractivity contribution in [2.45, 2.75) is 18.2 Å². The van der Waals surface area contributed by atoms with Gasteiger partial charge in [0.15, 0.2) is 0 Å². The van der Waals surface area contributed by atoms with Crippen LogP contribution in [0.2, 0.25) is 5.15 Å². The molecule has 0 amide bonds. The molecule has 76 valence electrons. The van der Waals surface area contributed by atoms with E-state index in [4.69, 9.17) is 11.6 Å². The number of aromatic nitrogens is 1. The van der Waals surface area contributed by atoms with Crippen LogP contribution in [0.3, 0.4) is 0 Å². The van der Waals surface area contributed by atoms with Gasteiger partial charge in [0, 0.05) is 4.90 Å². The van der Waals surface area contributed by atoms with Crippen molar-refractivity contribution in [1.29, 1.82) is 0 Å². The molecule has 2 nitrogen and oxygen atoms in total. The highest BCUT2D eigenvalue weighted by Gasteiger charge is 2.09. The first-order chi connectivity index (χ1) is 6.65. The molecule has 0 atom stereocenters. The number of hydrogen-bond donors (Lipinski definition) is 1. The SMILES string of the molecule is CCCSc1ccc(Cl)nc1C(O)=S. The maximum absolute atomic E-state index is 9.23. The van der Waals surface area contributed by atoms with Crippen molar-refractivity contribution in [3.8, 4) is 0 Å². The number of thiocarbonyl (C=S) groups is 1. The summed E-state index contributed by atoms with van der Waals surface area (Å²) in [5.74, 6) is 0.971. The van der Waals surface area contributed by atoms with Crippen LogP contribution in [0, 0.1) is 0 Å². The minimum atomic E-state index is -0.203. The zero-order valence-electron chi connectivity index (χ0n) is 7.66. The number of aliphatic hydroxyl groups excluding tert-OH is 1. The quantitative estimate of drug-likeness (QED) is 0.502. The Kier molecular flexibility index (Phi) is 4.65. The summed E-state index contributed by atoms with van der Waals surface area (Å²) >= 11 is 12.0. The summed E-state index contributed by atoms with van der Waals surface area (Å²) < 4.78 is 0. The smallest absolute Gasteiger partial charge is 0.208 e. The Hall–Kier alpha value is -0.320. The number of thioether (sulfide) groups is 1. The summed E-state index contributed by atoms with van der Waals surface area (Å²) in [7, 11) is 0. The lowest BCUT2D eigenvalue weighted by atomic mass is 10.4. The molecule has 0 spiro atoms. The Morgan fingerprint density at radius 1 is 1.64 bits per heavy atom. The number of aliphatic hydroxyl groups is 1. The molecule has 0 aliphatic rings. The minimum Gasteiger partial charge on any atom is -0.497 e. The lowest BCUT2D eigenvalue weighted by Crippen LogP contribution is -2.01. The van der Waals surface area contributed by atoms with Crippen LogP contribution < -0.4 is 0 Å². The van der Waals surface area contributed by atoms with Crippen LogP contribution in [0.5, 0.6) is 0 Å². The standard InChI is InChI=1S/C9H10ClNOS2/c1-2-5-14-6-3-4-7(10)11-8(6)9(12)13/h3-4H,2,5H2,1H3,(H,12,13). The first kappa shape index (κ1) is 11.8. The number of rotatable bonds is 4. The molecule has 0 aromatic carbocycles. The van der Waals surface area contributed by atoms with Crippen LogP contribution in [0.4, 0.5) is 0 Å². The molecule has 0 aliphatic heterocycles. The topological polar surface area (TPSA) is 33.1 Å². The third-order valence-corrected chi connectivity index (χ3v) is 3.15. The lowest BCUT2D eigenvalue weighted by molar-refractivity contribution is 0.566. The zero-order chi connectivity index (χ0) is 10.6. The molecule has 1 aromatic heterocycles. The highest BCUT2D eigenvalue weighted by atomic mass is 35.5. The van der Waals surface area contributed by atoms with Crippen molar-refractivity contribution in [3.63, 3.8) is 0 Å². The van der Waals surface area contributed by atoms with Gasteiger partial charge in [-0.15, -0.1) is 11.8 Å². The molecule has 0 aliphatic carbocycles. The van der Waals surface area contributed by atoms with Crippen LogP contribution >= 0.6 is 35.6 Å². The Bertz CT molecular complexity index is 344. The molecule has 1 heterocycles.